The van der Waals surface area contributed by atoms with E-state index >= 15 is 0 Å². The van der Waals surface area contributed by atoms with Crippen molar-refractivity contribution in [3.8, 4) is 5.75 Å². The molecule has 0 radical (unpaired) electrons. The Kier molecular flexibility index (Phi) is 5.48. The SMILES string of the molecule is CCc1cc(O)c(C(=O)OC)c(CC)c1CCCl. The molecule has 0 aromatic heterocycles. The van der Waals surface area contributed by atoms with E-state index in [1.54, 1.807) is 6.07 Å². The lowest BCUT2D eigenvalue weighted by molar-refractivity contribution is 0.0596. The van der Waals surface area contributed by atoms with Crippen molar-refractivity contribution in [2.45, 2.75) is 33.1 Å². The first-order valence-electron chi connectivity index (χ1n) is 6.11. The number of ether oxygens (including phenoxy) is 1. The first-order valence-corrected chi connectivity index (χ1v) is 6.64. The van der Waals surface area contributed by atoms with Crippen LogP contribution in [0.3, 0.4) is 0 Å². The number of phenolic OH excluding ortho intramolecular Hbond substituents is 1. The van der Waals surface area contributed by atoms with E-state index in [2.05, 4.69) is 0 Å². The highest BCUT2D eigenvalue weighted by Crippen LogP contribution is 2.30. The van der Waals surface area contributed by atoms with Crippen molar-refractivity contribution in [3.05, 3.63) is 28.3 Å². The Morgan fingerprint density at radius 2 is 2.00 bits per heavy atom. The summed E-state index contributed by atoms with van der Waals surface area (Å²) in [4.78, 5) is 11.8. The van der Waals surface area contributed by atoms with Gasteiger partial charge in [-0.05, 0) is 42.0 Å². The summed E-state index contributed by atoms with van der Waals surface area (Å²) in [5, 5.41) is 9.99. The molecular formula is C14H19ClO3. The number of rotatable bonds is 5. The van der Waals surface area contributed by atoms with Gasteiger partial charge in [0.2, 0.25) is 0 Å². The molecule has 0 unspecified atom stereocenters. The Morgan fingerprint density at radius 3 is 2.44 bits per heavy atom. The second-order valence-corrected chi connectivity index (χ2v) is 4.40. The molecular weight excluding hydrogens is 252 g/mol. The lowest BCUT2D eigenvalue weighted by atomic mass is 9.90. The van der Waals surface area contributed by atoms with E-state index in [4.69, 9.17) is 16.3 Å². The number of hydrogen-bond acceptors (Lipinski definition) is 3. The fourth-order valence-corrected chi connectivity index (χ4v) is 2.45. The number of carbonyl (C=O) groups is 1. The Hall–Kier alpha value is -1.22. The van der Waals surface area contributed by atoms with E-state index in [1.165, 1.54) is 7.11 Å². The summed E-state index contributed by atoms with van der Waals surface area (Å²) in [5.74, 6) is -0.0116. The smallest absolute Gasteiger partial charge is 0.341 e. The van der Waals surface area contributed by atoms with E-state index in [-0.39, 0.29) is 11.3 Å². The maximum Gasteiger partial charge on any atom is 0.341 e. The molecule has 0 aliphatic heterocycles. The van der Waals surface area contributed by atoms with Gasteiger partial charge < -0.3 is 9.84 Å². The topological polar surface area (TPSA) is 46.5 Å². The number of aryl methyl sites for hydroxylation is 1. The lowest BCUT2D eigenvalue weighted by Gasteiger charge is -2.17. The van der Waals surface area contributed by atoms with E-state index in [9.17, 15) is 9.90 Å². The number of halogens is 1. The number of alkyl halides is 1. The third-order valence-electron chi connectivity index (χ3n) is 3.09. The number of benzene rings is 1. The van der Waals surface area contributed by atoms with E-state index in [1.807, 2.05) is 13.8 Å². The predicted octanol–water partition coefficient (Wildman–Crippen LogP) is 3.08. The Labute approximate surface area is 113 Å². The van der Waals surface area contributed by atoms with Gasteiger partial charge in [-0.3, -0.25) is 0 Å². The van der Waals surface area contributed by atoms with Crippen molar-refractivity contribution in [1.82, 2.24) is 0 Å². The van der Waals surface area contributed by atoms with Gasteiger partial charge in [0.15, 0.2) is 0 Å². The Morgan fingerprint density at radius 1 is 1.33 bits per heavy atom. The van der Waals surface area contributed by atoms with Crippen molar-refractivity contribution >= 4 is 17.6 Å². The van der Waals surface area contributed by atoms with Gasteiger partial charge in [-0.25, -0.2) is 4.79 Å². The van der Waals surface area contributed by atoms with Gasteiger partial charge >= 0.3 is 5.97 Å². The number of carbonyl (C=O) groups excluding carboxylic acids is 1. The zero-order valence-electron chi connectivity index (χ0n) is 11.0. The van der Waals surface area contributed by atoms with Crippen molar-refractivity contribution < 1.29 is 14.6 Å². The molecule has 0 amide bonds. The zero-order valence-corrected chi connectivity index (χ0v) is 11.8. The van der Waals surface area contributed by atoms with E-state index in [0.29, 0.717) is 18.7 Å². The predicted molar refractivity (Wildman–Crippen MR) is 72.6 cm³/mol. The summed E-state index contributed by atoms with van der Waals surface area (Å²) < 4.78 is 4.73. The zero-order chi connectivity index (χ0) is 13.7. The van der Waals surface area contributed by atoms with Crippen molar-refractivity contribution in [3.63, 3.8) is 0 Å². The molecule has 0 aliphatic rings. The quantitative estimate of drug-likeness (QED) is 0.661. The third-order valence-corrected chi connectivity index (χ3v) is 3.28. The number of aromatic hydroxyl groups is 1. The molecule has 0 aliphatic carbocycles. The average molecular weight is 271 g/mol. The maximum atomic E-state index is 11.8. The molecule has 1 aromatic carbocycles. The normalized spacial score (nSPS) is 10.4. The Balaban J connectivity index is 3.51. The van der Waals surface area contributed by atoms with Crippen molar-refractivity contribution in [2.24, 2.45) is 0 Å². The fraction of sp³-hybridized carbons (Fsp3) is 0.500. The average Bonchev–Trinajstić information content (AvgIpc) is 2.38. The summed E-state index contributed by atoms with van der Waals surface area (Å²) in [6.45, 7) is 3.97. The van der Waals surface area contributed by atoms with Gasteiger partial charge in [0.1, 0.15) is 11.3 Å². The minimum Gasteiger partial charge on any atom is -0.507 e. The molecule has 1 rings (SSSR count). The lowest BCUT2D eigenvalue weighted by Crippen LogP contribution is -2.11. The highest BCUT2D eigenvalue weighted by Gasteiger charge is 2.21. The molecule has 0 fully saturated rings. The minimum absolute atomic E-state index is 0.00567. The van der Waals surface area contributed by atoms with E-state index in [0.717, 1.165) is 23.1 Å². The number of methoxy groups -OCH3 is 1. The molecule has 1 N–H and O–H groups in total. The second kappa shape index (κ2) is 6.64. The van der Waals surface area contributed by atoms with Crippen LogP contribution in [0.5, 0.6) is 5.75 Å². The van der Waals surface area contributed by atoms with Gasteiger partial charge in [0.05, 0.1) is 7.11 Å². The van der Waals surface area contributed by atoms with Crippen LogP contribution in [-0.2, 0) is 24.0 Å². The molecule has 18 heavy (non-hydrogen) atoms. The molecule has 0 saturated carbocycles. The molecule has 4 heteroatoms. The van der Waals surface area contributed by atoms with Crippen LogP contribution >= 0.6 is 11.6 Å². The second-order valence-electron chi connectivity index (χ2n) is 4.02. The molecule has 0 atom stereocenters. The number of esters is 1. The maximum absolute atomic E-state index is 11.8. The summed E-state index contributed by atoms with van der Waals surface area (Å²) in [6.07, 6.45) is 2.16. The summed E-state index contributed by atoms with van der Waals surface area (Å²) >= 11 is 5.82. The van der Waals surface area contributed by atoms with Crippen molar-refractivity contribution in [1.29, 1.82) is 0 Å². The number of phenols is 1. The van der Waals surface area contributed by atoms with Gasteiger partial charge in [0, 0.05) is 5.88 Å². The first-order chi connectivity index (χ1) is 8.60. The molecule has 0 saturated heterocycles. The molecule has 1 aromatic rings. The largest absolute Gasteiger partial charge is 0.507 e. The molecule has 3 nitrogen and oxygen atoms in total. The first kappa shape index (κ1) is 14.8. The van der Waals surface area contributed by atoms with Crippen LogP contribution in [0.2, 0.25) is 0 Å². The summed E-state index contributed by atoms with van der Waals surface area (Å²) in [6, 6.07) is 1.65. The summed E-state index contributed by atoms with van der Waals surface area (Å²) in [5.41, 5.74) is 3.22. The van der Waals surface area contributed by atoms with Crippen LogP contribution in [0.25, 0.3) is 0 Å². The van der Waals surface area contributed by atoms with Crippen LogP contribution in [-0.4, -0.2) is 24.1 Å². The third kappa shape index (κ3) is 2.78. The molecule has 0 bridgehead atoms. The van der Waals surface area contributed by atoms with Crippen LogP contribution in [0.1, 0.15) is 40.9 Å². The van der Waals surface area contributed by atoms with Gasteiger partial charge in [-0.15, -0.1) is 11.6 Å². The van der Waals surface area contributed by atoms with Crippen LogP contribution in [0.15, 0.2) is 6.07 Å². The van der Waals surface area contributed by atoms with E-state index < -0.39 is 5.97 Å². The minimum atomic E-state index is -0.497. The van der Waals surface area contributed by atoms with Crippen LogP contribution < -0.4 is 0 Å². The van der Waals surface area contributed by atoms with Crippen LogP contribution in [0.4, 0.5) is 0 Å². The standard InChI is InChI=1S/C14H19ClO3/c1-4-9-8-12(16)13(14(17)18-3)10(5-2)11(9)6-7-15/h8,16H,4-7H2,1-3H3. The van der Waals surface area contributed by atoms with Gasteiger partial charge in [-0.2, -0.15) is 0 Å². The van der Waals surface area contributed by atoms with Crippen molar-refractivity contribution in [2.75, 3.05) is 13.0 Å². The Bertz CT molecular complexity index is 441. The van der Waals surface area contributed by atoms with Gasteiger partial charge in [-0.1, -0.05) is 13.8 Å². The highest BCUT2D eigenvalue weighted by atomic mass is 35.5. The fourth-order valence-electron chi connectivity index (χ4n) is 2.26. The summed E-state index contributed by atoms with van der Waals surface area (Å²) in [7, 11) is 1.32. The molecule has 0 spiro atoms. The molecule has 0 heterocycles. The van der Waals surface area contributed by atoms with Gasteiger partial charge in [0.25, 0.3) is 0 Å². The molecule has 100 valence electrons. The number of hydrogen-bond donors (Lipinski definition) is 1. The highest BCUT2D eigenvalue weighted by molar-refractivity contribution is 6.18. The monoisotopic (exact) mass is 270 g/mol. The van der Waals surface area contributed by atoms with Crippen LogP contribution in [0, 0.1) is 0 Å².